The molecule has 0 bridgehead atoms. The molecule has 3 heteroatoms. The van der Waals surface area contributed by atoms with Crippen LogP contribution in [0, 0.1) is 0 Å². The van der Waals surface area contributed by atoms with E-state index in [1.165, 1.54) is 0 Å². The molecular weight excluding hydrogens is 140 g/mol. The summed E-state index contributed by atoms with van der Waals surface area (Å²) in [6, 6.07) is 0. The third-order valence-corrected chi connectivity index (χ3v) is 1.96. The van der Waals surface area contributed by atoms with Crippen LogP contribution in [0.15, 0.2) is 12.7 Å². The van der Waals surface area contributed by atoms with Gasteiger partial charge in [-0.25, -0.2) is 0 Å². The first kappa shape index (κ1) is 8.27. The highest BCUT2D eigenvalue weighted by Crippen LogP contribution is 2.33. The first-order valence-electron chi connectivity index (χ1n) is 3.75. The molecule has 1 aliphatic rings. The summed E-state index contributed by atoms with van der Waals surface area (Å²) in [5.41, 5.74) is 5.17. The highest BCUT2D eigenvalue weighted by Gasteiger charge is 2.47. The highest BCUT2D eigenvalue weighted by atomic mass is 16.2. The van der Waals surface area contributed by atoms with E-state index in [1.807, 2.05) is 0 Å². The van der Waals surface area contributed by atoms with Gasteiger partial charge >= 0.3 is 0 Å². The molecule has 1 fully saturated rings. The number of amides is 1. The van der Waals surface area contributed by atoms with Crippen molar-refractivity contribution >= 4 is 5.91 Å². The number of nitrogens with two attached hydrogens (primary N) is 1. The number of nitrogens with zero attached hydrogens (tertiary/aromatic N) is 1. The first-order valence-corrected chi connectivity index (χ1v) is 3.75. The quantitative estimate of drug-likeness (QED) is 0.587. The van der Waals surface area contributed by atoms with Gasteiger partial charge in [0.2, 0.25) is 5.91 Å². The molecule has 2 N–H and O–H groups in total. The molecule has 0 aromatic rings. The lowest BCUT2D eigenvalue weighted by molar-refractivity contribution is -0.131. The minimum atomic E-state index is -0.530. The maximum Gasteiger partial charge on any atom is 0.242 e. The van der Waals surface area contributed by atoms with Crippen molar-refractivity contribution < 1.29 is 4.79 Å². The minimum Gasteiger partial charge on any atom is -0.340 e. The Morgan fingerprint density at radius 2 is 2.36 bits per heavy atom. The molecular formula is C8H14N2O. The SMILES string of the molecule is C=CCN(C)C(=O)C1(N)CC1. The van der Waals surface area contributed by atoms with E-state index in [1.54, 1.807) is 18.0 Å². The topological polar surface area (TPSA) is 46.3 Å². The Hall–Kier alpha value is -0.830. The van der Waals surface area contributed by atoms with Crippen LogP contribution in [-0.2, 0) is 4.79 Å². The predicted molar refractivity (Wildman–Crippen MR) is 44.0 cm³/mol. The molecule has 0 aromatic carbocycles. The first-order chi connectivity index (χ1) is 5.10. The number of carbonyl (C=O) groups is 1. The van der Waals surface area contributed by atoms with Gasteiger partial charge in [-0.1, -0.05) is 6.08 Å². The Kier molecular flexibility index (Phi) is 2.00. The monoisotopic (exact) mass is 154 g/mol. The molecule has 1 saturated carbocycles. The Labute approximate surface area is 66.9 Å². The van der Waals surface area contributed by atoms with Crippen LogP contribution in [-0.4, -0.2) is 29.9 Å². The summed E-state index contributed by atoms with van der Waals surface area (Å²) in [4.78, 5) is 13.0. The second kappa shape index (κ2) is 2.66. The van der Waals surface area contributed by atoms with E-state index in [2.05, 4.69) is 6.58 Å². The Balaban J connectivity index is 2.46. The van der Waals surface area contributed by atoms with Gasteiger partial charge in [0.1, 0.15) is 0 Å². The molecule has 0 saturated heterocycles. The fourth-order valence-corrected chi connectivity index (χ4v) is 1.01. The lowest BCUT2D eigenvalue weighted by Crippen LogP contribution is -2.43. The number of likely N-dealkylation sites (N-methyl/N-ethyl adjacent to an activating group) is 1. The molecule has 0 atom stereocenters. The highest BCUT2D eigenvalue weighted by molar-refractivity contribution is 5.88. The smallest absolute Gasteiger partial charge is 0.242 e. The summed E-state index contributed by atoms with van der Waals surface area (Å²) in [5, 5.41) is 0. The van der Waals surface area contributed by atoms with E-state index in [-0.39, 0.29) is 5.91 Å². The molecule has 1 aliphatic carbocycles. The predicted octanol–water partition coefficient (Wildman–Crippen LogP) is 0.122. The molecule has 1 amide bonds. The van der Waals surface area contributed by atoms with Gasteiger partial charge < -0.3 is 10.6 Å². The van der Waals surface area contributed by atoms with Crippen LogP contribution >= 0.6 is 0 Å². The number of carbonyl (C=O) groups excluding carboxylic acids is 1. The fourth-order valence-electron chi connectivity index (χ4n) is 1.01. The summed E-state index contributed by atoms with van der Waals surface area (Å²) in [5.74, 6) is 0.0393. The average molecular weight is 154 g/mol. The van der Waals surface area contributed by atoms with Gasteiger partial charge in [-0.3, -0.25) is 4.79 Å². The zero-order valence-corrected chi connectivity index (χ0v) is 6.84. The normalized spacial score (nSPS) is 19.1. The standard InChI is InChI=1S/C8H14N2O/c1-3-6-10(2)7(11)8(9)4-5-8/h3H,1,4-6,9H2,2H3. The van der Waals surface area contributed by atoms with Gasteiger partial charge in [-0.05, 0) is 12.8 Å². The summed E-state index contributed by atoms with van der Waals surface area (Å²) < 4.78 is 0. The van der Waals surface area contributed by atoms with Gasteiger partial charge in [-0.15, -0.1) is 6.58 Å². The molecule has 62 valence electrons. The van der Waals surface area contributed by atoms with Gasteiger partial charge in [-0.2, -0.15) is 0 Å². The summed E-state index contributed by atoms with van der Waals surface area (Å²) in [6.07, 6.45) is 3.35. The number of rotatable bonds is 3. The lowest BCUT2D eigenvalue weighted by atomic mass is 10.2. The van der Waals surface area contributed by atoms with E-state index in [0.29, 0.717) is 6.54 Å². The van der Waals surface area contributed by atoms with Crippen molar-refractivity contribution in [3.8, 4) is 0 Å². The van der Waals surface area contributed by atoms with Crippen molar-refractivity contribution in [3.05, 3.63) is 12.7 Å². The fraction of sp³-hybridized carbons (Fsp3) is 0.625. The average Bonchev–Trinajstić information content (AvgIpc) is 2.68. The maximum atomic E-state index is 11.4. The van der Waals surface area contributed by atoms with E-state index in [0.717, 1.165) is 12.8 Å². The van der Waals surface area contributed by atoms with Crippen molar-refractivity contribution in [2.24, 2.45) is 5.73 Å². The summed E-state index contributed by atoms with van der Waals surface area (Å²) in [6.45, 7) is 4.13. The van der Waals surface area contributed by atoms with Crippen molar-refractivity contribution in [3.63, 3.8) is 0 Å². The molecule has 0 aromatic heterocycles. The Morgan fingerprint density at radius 1 is 1.82 bits per heavy atom. The van der Waals surface area contributed by atoms with Crippen LogP contribution in [0.4, 0.5) is 0 Å². The number of hydrogen-bond donors (Lipinski definition) is 1. The molecule has 3 nitrogen and oxygen atoms in total. The van der Waals surface area contributed by atoms with Crippen molar-refractivity contribution in [2.45, 2.75) is 18.4 Å². The van der Waals surface area contributed by atoms with Crippen molar-refractivity contribution in [1.29, 1.82) is 0 Å². The summed E-state index contributed by atoms with van der Waals surface area (Å²) in [7, 11) is 1.75. The maximum absolute atomic E-state index is 11.4. The van der Waals surface area contributed by atoms with Crippen LogP contribution in [0.25, 0.3) is 0 Å². The third kappa shape index (κ3) is 1.60. The zero-order valence-electron chi connectivity index (χ0n) is 6.84. The van der Waals surface area contributed by atoms with Gasteiger partial charge in [0.25, 0.3) is 0 Å². The molecule has 0 radical (unpaired) electrons. The van der Waals surface area contributed by atoms with E-state index < -0.39 is 5.54 Å². The Morgan fingerprint density at radius 3 is 2.73 bits per heavy atom. The minimum absolute atomic E-state index is 0.0393. The summed E-state index contributed by atoms with van der Waals surface area (Å²) >= 11 is 0. The molecule has 0 aliphatic heterocycles. The van der Waals surface area contributed by atoms with Gasteiger partial charge in [0.05, 0.1) is 5.54 Å². The zero-order chi connectivity index (χ0) is 8.48. The van der Waals surface area contributed by atoms with Crippen LogP contribution in [0.1, 0.15) is 12.8 Å². The van der Waals surface area contributed by atoms with Crippen molar-refractivity contribution in [1.82, 2.24) is 4.90 Å². The van der Waals surface area contributed by atoms with E-state index >= 15 is 0 Å². The molecule has 0 heterocycles. The number of hydrogen-bond acceptors (Lipinski definition) is 2. The molecule has 0 spiro atoms. The van der Waals surface area contributed by atoms with Crippen LogP contribution in [0.2, 0.25) is 0 Å². The van der Waals surface area contributed by atoms with Crippen molar-refractivity contribution in [2.75, 3.05) is 13.6 Å². The largest absolute Gasteiger partial charge is 0.340 e. The second-order valence-electron chi connectivity index (χ2n) is 3.13. The van der Waals surface area contributed by atoms with E-state index in [9.17, 15) is 4.79 Å². The lowest BCUT2D eigenvalue weighted by Gasteiger charge is -2.18. The van der Waals surface area contributed by atoms with E-state index in [4.69, 9.17) is 5.73 Å². The van der Waals surface area contributed by atoms with Crippen LogP contribution in [0.5, 0.6) is 0 Å². The Bertz CT molecular complexity index is 185. The second-order valence-corrected chi connectivity index (χ2v) is 3.13. The molecule has 11 heavy (non-hydrogen) atoms. The molecule has 1 rings (SSSR count). The van der Waals surface area contributed by atoms with Crippen LogP contribution < -0.4 is 5.73 Å². The third-order valence-electron chi connectivity index (χ3n) is 1.96. The molecule has 0 unspecified atom stereocenters. The van der Waals surface area contributed by atoms with Gasteiger partial charge in [0.15, 0.2) is 0 Å². The van der Waals surface area contributed by atoms with Gasteiger partial charge in [0, 0.05) is 13.6 Å². The van der Waals surface area contributed by atoms with Crippen LogP contribution in [0.3, 0.4) is 0 Å².